The lowest BCUT2D eigenvalue weighted by Gasteiger charge is -2.23. The summed E-state index contributed by atoms with van der Waals surface area (Å²) in [5, 5.41) is 25.4. The molecular formula is C21H26ClN3O3. The molecule has 0 atom stereocenters. The lowest BCUT2D eigenvalue weighted by atomic mass is 10.1. The van der Waals surface area contributed by atoms with Crippen LogP contribution < -0.4 is 15.5 Å². The Morgan fingerprint density at radius 2 is 2.00 bits per heavy atom. The molecule has 0 radical (unpaired) electrons. The van der Waals surface area contributed by atoms with E-state index in [1.54, 1.807) is 12.1 Å². The molecule has 4 N–H and O–H groups in total. The maximum absolute atomic E-state index is 11.4. The molecule has 1 amide bonds. The molecule has 0 unspecified atom stereocenters. The number of aliphatic hydroxyl groups excluding tert-OH is 1. The SMILES string of the molecule is C=Cc1c(Nc2ccc(N(CC)CCO)cc2C)cc(NC(C)=O)c(O)c1Cl. The molecule has 2 rings (SSSR count). The van der Waals surface area contributed by atoms with Crippen molar-refractivity contribution in [3.05, 3.63) is 47.0 Å². The van der Waals surface area contributed by atoms with E-state index in [0.717, 1.165) is 23.5 Å². The molecule has 6 nitrogen and oxygen atoms in total. The van der Waals surface area contributed by atoms with Crippen molar-refractivity contribution in [2.75, 3.05) is 35.2 Å². The van der Waals surface area contributed by atoms with Crippen molar-refractivity contribution in [1.82, 2.24) is 0 Å². The number of phenolic OH excluding ortho intramolecular Hbond substituents is 1. The number of hydrogen-bond acceptors (Lipinski definition) is 5. The average Bonchev–Trinajstić information content (AvgIpc) is 2.65. The second kappa shape index (κ2) is 9.48. The fourth-order valence-corrected chi connectivity index (χ4v) is 3.24. The van der Waals surface area contributed by atoms with E-state index in [9.17, 15) is 15.0 Å². The second-order valence-electron chi connectivity index (χ2n) is 6.36. The summed E-state index contributed by atoms with van der Waals surface area (Å²) in [5.41, 5.74) is 4.23. The Balaban J connectivity index is 2.43. The number of aromatic hydroxyl groups is 1. The average molecular weight is 404 g/mol. The number of anilines is 4. The highest BCUT2D eigenvalue weighted by molar-refractivity contribution is 6.34. The molecule has 0 aliphatic rings. The van der Waals surface area contributed by atoms with Crippen LogP contribution >= 0.6 is 11.6 Å². The van der Waals surface area contributed by atoms with Crippen LogP contribution in [0.2, 0.25) is 5.02 Å². The van der Waals surface area contributed by atoms with Gasteiger partial charge in [0.25, 0.3) is 0 Å². The van der Waals surface area contributed by atoms with Gasteiger partial charge in [-0.1, -0.05) is 24.3 Å². The molecule has 0 fully saturated rings. The molecule has 2 aromatic rings. The molecule has 28 heavy (non-hydrogen) atoms. The monoisotopic (exact) mass is 403 g/mol. The van der Waals surface area contributed by atoms with E-state index in [1.165, 1.54) is 6.92 Å². The van der Waals surface area contributed by atoms with Crippen molar-refractivity contribution in [2.45, 2.75) is 20.8 Å². The minimum absolute atomic E-state index is 0.0908. The first-order valence-corrected chi connectivity index (χ1v) is 9.39. The van der Waals surface area contributed by atoms with Crippen LogP contribution in [-0.2, 0) is 4.79 Å². The summed E-state index contributed by atoms with van der Waals surface area (Å²) >= 11 is 6.27. The van der Waals surface area contributed by atoms with E-state index in [0.29, 0.717) is 17.8 Å². The zero-order valence-corrected chi connectivity index (χ0v) is 17.1. The van der Waals surface area contributed by atoms with Gasteiger partial charge in [-0.05, 0) is 43.7 Å². The highest BCUT2D eigenvalue weighted by Crippen LogP contribution is 2.41. The highest BCUT2D eigenvalue weighted by Gasteiger charge is 2.16. The van der Waals surface area contributed by atoms with E-state index in [2.05, 4.69) is 22.1 Å². The van der Waals surface area contributed by atoms with Gasteiger partial charge in [0.1, 0.15) is 0 Å². The molecule has 7 heteroatoms. The number of carbonyl (C=O) groups excluding carboxylic acids is 1. The minimum atomic E-state index is -0.312. The van der Waals surface area contributed by atoms with Crippen molar-refractivity contribution in [2.24, 2.45) is 0 Å². The number of nitrogens with zero attached hydrogens (tertiary/aromatic N) is 1. The largest absolute Gasteiger partial charge is 0.504 e. The number of hydrogen-bond donors (Lipinski definition) is 4. The summed E-state index contributed by atoms with van der Waals surface area (Å²) < 4.78 is 0. The molecule has 0 aliphatic heterocycles. The van der Waals surface area contributed by atoms with Crippen LogP contribution in [0.4, 0.5) is 22.7 Å². The predicted molar refractivity (Wildman–Crippen MR) is 117 cm³/mol. The summed E-state index contributed by atoms with van der Waals surface area (Å²) in [6.45, 7) is 10.6. The van der Waals surface area contributed by atoms with Crippen molar-refractivity contribution in [1.29, 1.82) is 0 Å². The van der Waals surface area contributed by atoms with E-state index in [-0.39, 0.29) is 29.0 Å². The molecule has 0 aromatic heterocycles. The van der Waals surface area contributed by atoms with Crippen molar-refractivity contribution < 1.29 is 15.0 Å². The molecule has 0 bridgehead atoms. The van der Waals surface area contributed by atoms with Crippen LogP contribution in [0.25, 0.3) is 6.08 Å². The minimum Gasteiger partial charge on any atom is -0.504 e. The van der Waals surface area contributed by atoms with E-state index in [1.807, 2.05) is 32.0 Å². The molecule has 0 spiro atoms. The molecule has 0 saturated heterocycles. The zero-order valence-electron chi connectivity index (χ0n) is 16.3. The first-order valence-electron chi connectivity index (χ1n) is 9.01. The number of rotatable bonds is 8. The Kier molecular flexibility index (Phi) is 7.31. The quantitative estimate of drug-likeness (QED) is 0.384. The van der Waals surface area contributed by atoms with E-state index in [4.69, 9.17) is 11.6 Å². The smallest absolute Gasteiger partial charge is 0.221 e. The van der Waals surface area contributed by atoms with Crippen LogP contribution in [0.3, 0.4) is 0 Å². The first kappa shape index (κ1) is 21.6. The highest BCUT2D eigenvalue weighted by atomic mass is 35.5. The standard InChI is InChI=1S/C21H26ClN3O3/c1-5-16-18(12-19(23-14(4)27)21(28)20(16)22)24-17-8-7-15(11-13(17)3)25(6-2)9-10-26/h5,7-8,11-12,24,26,28H,1,6,9-10H2,2-4H3,(H,23,27). The Morgan fingerprint density at radius 1 is 1.29 bits per heavy atom. The number of nitrogens with one attached hydrogen (secondary N) is 2. The molecule has 0 heterocycles. The fourth-order valence-electron chi connectivity index (χ4n) is 2.96. The van der Waals surface area contributed by atoms with Crippen LogP contribution in [0.15, 0.2) is 30.8 Å². The van der Waals surface area contributed by atoms with Gasteiger partial charge in [-0.25, -0.2) is 0 Å². The van der Waals surface area contributed by atoms with Gasteiger partial charge in [0.05, 0.1) is 17.3 Å². The molecular weight excluding hydrogens is 378 g/mol. The van der Waals surface area contributed by atoms with Crippen molar-refractivity contribution in [3.8, 4) is 5.75 Å². The summed E-state index contributed by atoms with van der Waals surface area (Å²) in [4.78, 5) is 13.5. The summed E-state index contributed by atoms with van der Waals surface area (Å²) in [6.07, 6.45) is 1.55. The fraction of sp³-hybridized carbons (Fsp3) is 0.286. The van der Waals surface area contributed by atoms with Crippen LogP contribution in [0.1, 0.15) is 25.0 Å². The summed E-state index contributed by atoms with van der Waals surface area (Å²) in [7, 11) is 0. The summed E-state index contributed by atoms with van der Waals surface area (Å²) in [6, 6.07) is 7.57. The number of amides is 1. The predicted octanol–water partition coefficient (Wildman–Crippen LogP) is 4.52. The third-order valence-corrected chi connectivity index (χ3v) is 4.77. The Hall–Kier alpha value is -2.70. The van der Waals surface area contributed by atoms with Gasteiger partial charge in [-0.15, -0.1) is 0 Å². The molecule has 0 saturated carbocycles. The van der Waals surface area contributed by atoms with E-state index < -0.39 is 0 Å². The lowest BCUT2D eigenvalue weighted by Crippen LogP contribution is -2.26. The number of phenols is 1. The number of aliphatic hydroxyl groups is 1. The second-order valence-corrected chi connectivity index (χ2v) is 6.74. The Bertz CT molecular complexity index is 884. The maximum atomic E-state index is 11.4. The van der Waals surface area contributed by atoms with E-state index >= 15 is 0 Å². The van der Waals surface area contributed by atoms with Crippen molar-refractivity contribution >= 4 is 46.3 Å². The number of aryl methyl sites for hydroxylation is 1. The number of carbonyl (C=O) groups is 1. The van der Waals surface area contributed by atoms with Gasteiger partial charge in [0.15, 0.2) is 5.75 Å². The first-order chi connectivity index (χ1) is 13.3. The molecule has 2 aromatic carbocycles. The van der Waals surface area contributed by atoms with Gasteiger partial charge in [0.2, 0.25) is 5.91 Å². The van der Waals surface area contributed by atoms with Crippen LogP contribution in [0.5, 0.6) is 5.75 Å². The van der Waals surface area contributed by atoms with Crippen molar-refractivity contribution in [3.63, 3.8) is 0 Å². The topological polar surface area (TPSA) is 84.8 Å². The maximum Gasteiger partial charge on any atom is 0.221 e. The molecule has 0 aliphatic carbocycles. The summed E-state index contributed by atoms with van der Waals surface area (Å²) in [5.74, 6) is -0.514. The Labute approximate surface area is 170 Å². The van der Waals surface area contributed by atoms with Crippen LogP contribution in [0, 0.1) is 6.92 Å². The number of benzene rings is 2. The van der Waals surface area contributed by atoms with Crippen LogP contribution in [-0.4, -0.2) is 35.8 Å². The van der Waals surface area contributed by atoms with Gasteiger partial charge in [-0.3, -0.25) is 4.79 Å². The van der Waals surface area contributed by atoms with Gasteiger partial charge in [-0.2, -0.15) is 0 Å². The van der Waals surface area contributed by atoms with Gasteiger partial charge < -0.3 is 25.7 Å². The lowest BCUT2D eigenvalue weighted by molar-refractivity contribution is -0.114. The molecule has 150 valence electrons. The van der Waals surface area contributed by atoms with Gasteiger partial charge in [0, 0.05) is 42.6 Å². The number of likely N-dealkylation sites (N-methyl/N-ethyl adjacent to an activating group) is 1. The third-order valence-electron chi connectivity index (χ3n) is 4.39. The number of halogens is 1. The van der Waals surface area contributed by atoms with Gasteiger partial charge >= 0.3 is 0 Å². The zero-order chi connectivity index (χ0) is 20.8. The third kappa shape index (κ3) is 4.77. The Morgan fingerprint density at radius 3 is 2.54 bits per heavy atom. The normalized spacial score (nSPS) is 10.5.